The van der Waals surface area contributed by atoms with Gasteiger partial charge in [0.05, 0.1) is 21.3 Å². The number of carbonyl (C=O) groups is 2. The Labute approximate surface area is 243 Å². The molecular weight excluding hydrogens is 569 g/mol. The smallest absolute Gasteiger partial charge is 0.382 e. The van der Waals surface area contributed by atoms with Crippen LogP contribution in [0.1, 0.15) is 57.5 Å². The zero-order valence-electron chi connectivity index (χ0n) is 22.7. The Morgan fingerprint density at radius 1 is 1.00 bits per heavy atom. The summed E-state index contributed by atoms with van der Waals surface area (Å²) in [5.74, 6) is -0.877. The van der Waals surface area contributed by atoms with Gasteiger partial charge in [0.1, 0.15) is 12.1 Å². The lowest BCUT2D eigenvalue weighted by atomic mass is 10.0. The number of ether oxygens (including phenoxy) is 1. The molecule has 2 amide bonds. The second kappa shape index (κ2) is 12.3. The summed E-state index contributed by atoms with van der Waals surface area (Å²) in [7, 11) is 0. The maximum atomic E-state index is 13.8. The second-order valence-corrected chi connectivity index (χ2v) is 10.9. The number of nitrogens with one attached hydrogen (secondary N) is 3. The van der Waals surface area contributed by atoms with Crippen LogP contribution in [0.15, 0.2) is 48.1 Å². The number of fused-ring (bicyclic) bond motifs is 1. The Bertz CT molecular complexity index is 1620. The quantitative estimate of drug-likeness (QED) is 0.200. The lowest BCUT2D eigenvalue weighted by Crippen LogP contribution is -2.24. The first-order valence-corrected chi connectivity index (χ1v) is 14.2. The summed E-state index contributed by atoms with van der Waals surface area (Å²) in [5.41, 5.74) is 7.18. The topological polar surface area (TPSA) is 131 Å². The van der Waals surface area contributed by atoms with Gasteiger partial charge in [0.2, 0.25) is 0 Å². The van der Waals surface area contributed by atoms with Crippen molar-refractivity contribution < 1.29 is 27.5 Å². The molecule has 5 rings (SSSR count). The van der Waals surface area contributed by atoms with E-state index in [0.29, 0.717) is 52.4 Å². The molecule has 0 aliphatic carbocycles. The average Bonchev–Trinajstić information content (AvgIpc) is 3.37. The van der Waals surface area contributed by atoms with E-state index in [1.807, 2.05) is 0 Å². The summed E-state index contributed by atoms with van der Waals surface area (Å²) < 4.78 is 47.4. The first kappa shape index (κ1) is 29.3. The molecule has 0 radical (unpaired) electrons. The fourth-order valence-electron chi connectivity index (χ4n) is 4.71. The van der Waals surface area contributed by atoms with Crippen LogP contribution in [0.25, 0.3) is 10.2 Å². The summed E-state index contributed by atoms with van der Waals surface area (Å²) in [6, 6.07) is 8.03. The highest BCUT2D eigenvalue weighted by Crippen LogP contribution is 2.33. The molecule has 2 aromatic heterocycles. The van der Waals surface area contributed by atoms with Gasteiger partial charge >= 0.3 is 6.18 Å². The predicted octanol–water partition coefficient (Wildman–Crippen LogP) is 6.48. The van der Waals surface area contributed by atoms with Gasteiger partial charge in [-0.15, -0.1) is 11.3 Å². The number of nitrogen functional groups attached to an aromatic ring is 1. The second-order valence-electron chi connectivity index (χ2n) is 10.1. The molecule has 1 aliphatic heterocycles. The van der Waals surface area contributed by atoms with E-state index >= 15 is 0 Å². The van der Waals surface area contributed by atoms with Gasteiger partial charge in [0.15, 0.2) is 0 Å². The molecule has 0 bridgehead atoms. The minimum Gasteiger partial charge on any atom is -0.382 e. The van der Waals surface area contributed by atoms with Gasteiger partial charge in [-0.2, -0.15) is 13.2 Å². The number of aromatic nitrogens is 2. The third-order valence-corrected chi connectivity index (χ3v) is 7.96. The summed E-state index contributed by atoms with van der Waals surface area (Å²) in [6.07, 6.45) is -0.137. The first-order chi connectivity index (χ1) is 20.1. The van der Waals surface area contributed by atoms with Crippen LogP contribution in [0.4, 0.5) is 36.1 Å². The number of benzene rings is 2. The van der Waals surface area contributed by atoms with Gasteiger partial charge in [0, 0.05) is 47.3 Å². The molecule has 3 heterocycles. The highest BCUT2D eigenvalue weighted by atomic mass is 32.1. The zero-order chi connectivity index (χ0) is 29.9. The predicted molar refractivity (Wildman–Crippen MR) is 157 cm³/mol. The Balaban J connectivity index is 1.35. The number of carbonyl (C=O) groups excluding carboxylic acids is 2. The van der Waals surface area contributed by atoms with Crippen LogP contribution in [-0.4, -0.2) is 41.0 Å². The van der Waals surface area contributed by atoms with E-state index in [2.05, 4.69) is 25.9 Å². The number of anilines is 4. The van der Waals surface area contributed by atoms with E-state index in [0.717, 1.165) is 31.4 Å². The molecular formula is C29H29F3N6O3S. The van der Waals surface area contributed by atoms with Crippen LogP contribution in [0.2, 0.25) is 0 Å². The van der Waals surface area contributed by atoms with Crippen molar-refractivity contribution in [2.24, 2.45) is 0 Å². The molecule has 1 fully saturated rings. The molecule has 9 nitrogen and oxygen atoms in total. The number of thiophene rings is 1. The molecule has 13 heteroatoms. The van der Waals surface area contributed by atoms with Crippen LogP contribution in [-0.2, 0) is 10.9 Å². The molecule has 220 valence electrons. The van der Waals surface area contributed by atoms with Crippen molar-refractivity contribution in [2.75, 3.05) is 34.9 Å². The molecule has 0 spiro atoms. The van der Waals surface area contributed by atoms with Crippen molar-refractivity contribution >= 4 is 56.2 Å². The highest BCUT2D eigenvalue weighted by Gasteiger charge is 2.32. The molecule has 1 saturated heterocycles. The monoisotopic (exact) mass is 598 g/mol. The van der Waals surface area contributed by atoms with Crippen molar-refractivity contribution in [3.63, 3.8) is 0 Å². The maximum absolute atomic E-state index is 13.8. The van der Waals surface area contributed by atoms with E-state index in [1.165, 1.54) is 23.7 Å². The van der Waals surface area contributed by atoms with Gasteiger partial charge in [-0.1, -0.05) is 6.07 Å². The van der Waals surface area contributed by atoms with Gasteiger partial charge < -0.3 is 26.4 Å². The lowest BCUT2D eigenvalue weighted by molar-refractivity contribution is -0.137. The molecule has 5 N–H and O–H groups in total. The molecule has 4 aromatic rings. The van der Waals surface area contributed by atoms with Crippen LogP contribution < -0.4 is 21.7 Å². The molecule has 1 aliphatic rings. The highest BCUT2D eigenvalue weighted by molar-refractivity contribution is 7.18. The summed E-state index contributed by atoms with van der Waals surface area (Å²) in [5, 5.41) is 10.3. The number of nitrogens with zero attached hydrogens (tertiary/aromatic N) is 2. The SMILES string of the molecule is Cc1ccc(NC(=O)c2cc(NC3CCCCOCC3)cc(C(F)(F)F)c2)cc1NC(=O)c1csc2c(N)ncnc12. The summed E-state index contributed by atoms with van der Waals surface area (Å²) in [6.45, 7) is 2.97. The minimum atomic E-state index is -4.64. The van der Waals surface area contributed by atoms with Crippen LogP contribution in [0.3, 0.4) is 0 Å². The number of aryl methyl sites for hydroxylation is 1. The van der Waals surface area contributed by atoms with Crippen molar-refractivity contribution in [3.05, 3.63) is 70.4 Å². The molecule has 0 saturated carbocycles. The van der Waals surface area contributed by atoms with E-state index in [9.17, 15) is 22.8 Å². The average molecular weight is 599 g/mol. The van der Waals surface area contributed by atoms with E-state index < -0.39 is 23.6 Å². The van der Waals surface area contributed by atoms with Gasteiger partial charge in [-0.3, -0.25) is 9.59 Å². The molecule has 2 aromatic carbocycles. The van der Waals surface area contributed by atoms with Crippen molar-refractivity contribution in [3.8, 4) is 0 Å². The van der Waals surface area contributed by atoms with Crippen molar-refractivity contribution in [2.45, 2.75) is 44.8 Å². The van der Waals surface area contributed by atoms with Crippen molar-refractivity contribution in [1.29, 1.82) is 0 Å². The summed E-state index contributed by atoms with van der Waals surface area (Å²) >= 11 is 1.25. The van der Waals surface area contributed by atoms with Crippen LogP contribution >= 0.6 is 11.3 Å². The van der Waals surface area contributed by atoms with Gasteiger partial charge in [-0.25, -0.2) is 9.97 Å². The maximum Gasteiger partial charge on any atom is 0.416 e. The molecule has 1 unspecified atom stereocenters. The number of alkyl halides is 3. The Morgan fingerprint density at radius 3 is 2.64 bits per heavy atom. The number of hydrogen-bond acceptors (Lipinski definition) is 8. The largest absolute Gasteiger partial charge is 0.416 e. The Hall–Kier alpha value is -4.23. The van der Waals surface area contributed by atoms with Crippen molar-refractivity contribution in [1.82, 2.24) is 9.97 Å². The Morgan fingerprint density at radius 2 is 1.83 bits per heavy atom. The third-order valence-electron chi connectivity index (χ3n) is 6.96. The van der Waals surface area contributed by atoms with E-state index in [-0.39, 0.29) is 23.1 Å². The van der Waals surface area contributed by atoms with Gasteiger partial charge in [0.25, 0.3) is 11.8 Å². The normalized spacial score (nSPS) is 16.0. The molecule has 42 heavy (non-hydrogen) atoms. The first-order valence-electron chi connectivity index (χ1n) is 13.4. The number of rotatable bonds is 6. The third kappa shape index (κ3) is 6.80. The number of nitrogens with two attached hydrogens (primary N) is 1. The fraction of sp³-hybridized carbons (Fsp3) is 0.310. The number of halogens is 3. The standard InChI is InChI=1S/C29H29F3N6O3S/c1-16-5-6-20(13-23(16)38-28(40)22-14-42-25-24(22)34-15-35-26(25)33)37-27(39)17-10-18(29(30,31)32)12-21(11-17)36-19-4-2-3-8-41-9-7-19/h5-6,10-15,19,36H,2-4,7-9H2,1H3,(H,37,39)(H,38,40)(H2,33,34,35). The lowest BCUT2D eigenvalue weighted by Gasteiger charge is -2.23. The number of amides is 2. The van der Waals surface area contributed by atoms with E-state index in [4.69, 9.17) is 10.5 Å². The van der Waals surface area contributed by atoms with Crippen LogP contribution in [0, 0.1) is 6.92 Å². The zero-order valence-corrected chi connectivity index (χ0v) is 23.5. The van der Waals surface area contributed by atoms with Gasteiger partial charge in [-0.05, 0) is 68.5 Å². The molecule has 1 atom stereocenters. The number of hydrogen-bond donors (Lipinski definition) is 4. The fourth-order valence-corrected chi connectivity index (χ4v) is 5.61. The minimum absolute atomic E-state index is 0.0729. The van der Waals surface area contributed by atoms with E-state index in [1.54, 1.807) is 30.5 Å². The Kier molecular flexibility index (Phi) is 8.59. The van der Waals surface area contributed by atoms with Crippen LogP contribution in [0.5, 0.6) is 0 Å². The summed E-state index contributed by atoms with van der Waals surface area (Å²) in [4.78, 5) is 34.4.